The van der Waals surface area contributed by atoms with E-state index in [0.717, 1.165) is 48.6 Å². The molecule has 8 heteroatoms. The number of aryl methyl sites for hydroxylation is 1. The lowest BCUT2D eigenvalue weighted by atomic mass is 9.73. The van der Waals surface area contributed by atoms with Crippen LogP contribution in [-0.4, -0.2) is 50.7 Å². The van der Waals surface area contributed by atoms with Gasteiger partial charge in [-0.25, -0.2) is 9.67 Å². The van der Waals surface area contributed by atoms with Crippen molar-refractivity contribution in [3.63, 3.8) is 0 Å². The number of fused-ring (bicyclic) bond motifs is 1. The number of rotatable bonds is 11. The monoisotopic (exact) mass is 576 g/mol. The second-order valence-corrected chi connectivity index (χ2v) is 13.3. The maximum atomic E-state index is 12.8. The largest absolute Gasteiger partial charge is 0.493 e. The van der Waals surface area contributed by atoms with Crippen molar-refractivity contribution in [1.82, 2.24) is 14.8 Å². The number of benzene rings is 1. The first kappa shape index (κ1) is 31.5. The normalized spacial score (nSPS) is 14.3. The number of aromatic nitrogens is 3. The van der Waals surface area contributed by atoms with E-state index in [1.165, 1.54) is 26.9 Å². The Balaban J connectivity index is 1.78. The van der Waals surface area contributed by atoms with E-state index in [0.29, 0.717) is 19.4 Å². The van der Waals surface area contributed by atoms with Crippen molar-refractivity contribution in [2.24, 2.45) is 7.05 Å². The van der Waals surface area contributed by atoms with Crippen LogP contribution < -0.4 is 5.32 Å². The van der Waals surface area contributed by atoms with Crippen LogP contribution in [0.25, 0.3) is 0 Å². The number of anilines is 1. The van der Waals surface area contributed by atoms with Crippen molar-refractivity contribution >= 4 is 11.8 Å². The number of nitrogens with zero attached hydrogens (tertiary/aromatic N) is 3. The maximum absolute atomic E-state index is 12.8. The standard InChI is InChI=1S/C34H48N4O4/c1-8-42-31(41)18-23(16-28-20-30(40)38(7)37-28)22-14-25(33(2,3)4)19-26(15-22)34(5,6)21-24-17-27(11-13-39)36-32-29(24)10-9-12-35-32/h14-15,17,19-20,23,39-40H,8-13,16,18,21H2,1-7H3,(H,35,36). The van der Waals surface area contributed by atoms with Gasteiger partial charge in [-0.15, -0.1) is 0 Å². The average Bonchev–Trinajstić information content (AvgIpc) is 3.24. The summed E-state index contributed by atoms with van der Waals surface area (Å²) < 4.78 is 6.83. The molecule has 0 amide bonds. The van der Waals surface area contributed by atoms with Crippen LogP contribution in [0.2, 0.25) is 0 Å². The van der Waals surface area contributed by atoms with Gasteiger partial charge in [-0.1, -0.05) is 52.8 Å². The molecule has 42 heavy (non-hydrogen) atoms. The second-order valence-electron chi connectivity index (χ2n) is 13.3. The van der Waals surface area contributed by atoms with Crippen LogP contribution in [0.1, 0.15) is 99.5 Å². The molecule has 2 aromatic heterocycles. The summed E-state index contributed by atoms with van der Waals surface area (Å²) in [5.74, 6) is 0.650. The fraction of sp³-hybridized carbons (Fsp3) is 0.559. The average molecular weight is 577 g/mol. The number of aliphatic hydroxyl groups excluding tert-OH is 1. The van der Waals surface area contributed by atoms with Gasteiger partial charge in [0.1, 0.15) is 5.82 Å². The fourth-order valence-corrected chi connectivity index (χ4v) is 5.87. The smallest absolute Gasteiger partial charge is 0.306 e. The molecule has 0 saturated heterocycles. The Morgan fingerprint density at radius 3 is 2.48 bits per heavy atom. The van der Waals surface area contributed by atoms with Crippen molar-refractivity contribution < 1.29 is 19.7 Å². The number of pyridine rings is 1. The Bertz CT molecular complexity index is 1380. The molecule has 0 aliphatic carbocycles. The molecule has 0 radical (unpaired) electrons. The van der Waals surface area contributed by atoms with Crippen molar-refractivity contribution in [2.75, 3.05) is 25.1 Å². The molecule has 8 nitrogen and oxygen atoms in total. The van der Waals surface area contributed by atoms with E-state index in [9.17, 15) is 15.0 Å². The first-order valence-electron chi connectivity index (χ1n) is 15.2. The summed E-state index contributed by atoms with van der Waals surface area (Å²) in [6.45, 7) is 14.3. The Labute approximate surface area is 250 Å². The number of hydrogen-bond acceptors (Lipinski definition) is 7. The van der Waals surface area contributed by atoms with Crippen LogP contribution in [0.3, 0.4) is 0 Å². The zero-order valence-electron chi connectivity index (χ0n) is 26.4. The summed E-state index contributed by atoms with van der Waals surface area (Å²) in [5.41, 5.74) is 7.36. The molecule has 3 aromatic rings. The van der Waals surface area contributed by atoms with Crippen molar-refractivity contribution in [3.8, 4) is 5.88 Å². The number of hydrogen-bond donors (Lipinski definition) is 3. The van der Waals surface area contributed by atoms with Crippen LogP contribution in [0.4, 0.5) is 5.82 Å². The molecule has 0 bridgehead atoms. The van der Waals surface area contributed by atoms with E-state index in [1.807, 2.05) is 6.92 Å². The van der Waals surface area contributed by atoms with Gasteiger partial charge >= 0.3 is 5.97 Å². The number of aliphatic hydroxyl groups is 1. The number of carbonyl (C=O) groups excluding carboxylic acids is 1. The van der Waals surface area contributed by atoms with Crippen LogP contribution in [0, 0.1) is 0 Å². The van der Waals surface area contributed by atoms with Crippen LogP contribution in [0.5, 0.6) is 5.88 Å². The Kier molecular flexibility index (Phi) is 9.66. The number of aromatic hydroxyl groups is 1. The number of carbonyl (C=O) groups is 1. The molecule has 1 atom stereocenters. The maximum Gasteiger partial charge on any atom is 0.306 e. The van der Waals surface area contributed by atoms with Crippen LogP contribution in [-0.2, 0) is 53.1 Å². The highest BCUT2D eigenvalue weighted by Crippen LogP contribution is 2.38. The zero-order chi connectivity index (χ0) is 30.7. The van der Waals surface area contributed by atoms with E-state index in [-0.39, 0.29) is 41.6 Å². The Morgan fingerprint density at radius 2 is 1.83 bits per heavy atom. The van der Waals surface area contributed by atoms with Gasteiger partial charge in [-0.05, 0) is 83.2 Å². The molecule has 0 fully saturated rings. The minimum Gasteiger partial charge on any atom is -0.493 e. The minimum absolute atomic E-state index is 0.0709. The van der Waals surface area contributed by atoms with Crippen molar-refractivity contribution in [2.45, 2.75) is 96.8 Å². The molecule has 4 rings (SSSR count). The molecule has 1 unspecified atom stereocenters. The zero-order valence-corrected chi connectivity index (χ0v) is 26.4. The molecular formula is C34H48N4O4. The van der Waals surface area contributed by atoms with E-state index in [1.54, 1.807) is 13.1 Å². The molecule has 0 saturated carbocycles. The highest BCUT2D eigenvalue weighted by atomic mass is 16.5. The number of ether oxygens (including phenoxy) is 1. The third-order valence-electron chi connectivity index (χ3n) is 8.32. The van der Waals surface area contributed by atoms with Crippen LogP contribution in [0.15, 0.2) is 30.3 Å². The minimum atomic E-state index is -0.239. The highest BCUT2D eigenvalue weighted by molar-refractivity contribution is 5.70. The summed E-state index contributed by atoms with van der Waals surface area (Å²) in [6.07, 6.45) is 4.16. The summed E-state index contributed by atoms with van der Waals surface area (Å²) in [6, 6.07) is 10.6. The Morgan fingerprint density at radius 1 is 1.10 bits per heavy atom. The van der Waals surface area contributed by atoms with E-state index >= 15 is 0 Å². The topological polar surface area (TPSA) is 110 Å². The van der Waals surface area contributed by atoms with E-state index < -0.39 is 0 Å². The SMILES string of the molecule is CCOC(=O)CC(Cc1cc(O)n(C)n1)c1cc(C(C)(C)C)cc(C(C)(C)Cc2cc(CCO)nc3c2CCCN3)c1. The lowest BCUT2D eigenvalue weighted by Crippen LogP contribution is -2.25. The van der Waals surface area contributed by atoms with Gasteiger partial charge in [-0.3, -0.25) is 4.79 Å². The third kappa shape index (κ3) is 7.51. The summed E-state index contributed by atoms with van der Waals surface area (Å²) in [5, 5.41) is 27.7. The molecular weight excluding hydrogens is 528 g/mol. The van der Waals surface area contributed by atoms with Gasteiger partial charge in [0.05, 0.1) is 18.7 Å². The van der Waals surface area contributed by atoms with E-state index in [2.05, 4.69) is 69.3 Å². The van der Waals surface area contributed by atoms with Crippen molar-refractivity contribution in [1.29, 1.82) is 0 Å². The van der Waals surface area contributed by atoms with Crippen molar-refractivity contribution in [3.05, 3.63) is 69.5 Å². The second kappa shape index (κ2) is 12.9. The van der Waals surface area contributed by atoms with E-state index in [4.69, 9.17) is 9.72 Å². The molecule has 228 valence electrons. The molecule has 1 aliphatic rings. The predicted molar refractivity (Wildman–Crippen MR) is 166 cm³/mol. The third-order valence-corrected chi connectivity index (χ3v) is 8.32. The van der Waals surface area contributed by atoms with Crippen LogP contribution >= 0.6 is 0 Å². The number of nitrogens with one attached hydrogen (secondary N) is 1. The first-order chi connectivity index (χ1) is 19.8. The number of esters is 1. The highest BCUT2D eigenvalue weighted by Gasteiger charge is 2.29. The summed E-state index contributed by atoms with van der Waals surface area (Å²) in [4.78, 5) is 17.6. The summed E-state index contributed by atoms with van der Waals surface area (Å²) >= 11 is 0. The molecule has 3 heterocycles. The first-order valence-corrected chi connectivity index (χ1v) is 15.2. The Hall–Kier alpha value is -3.39. The lowest BCUT2D eigenvalue weighted by molar-refractivity contribution is -0.143. The van der Waals surface area contributed by atoms with Gasteiger partial charge in [0.25, 0.3) is 0 Å². The molecule has 3 N–H and O–H groups in total. The fourth-order valence-electron chi connectivity index (χ4n) is 5.87. The quantitative estimate of drug-likeness (QED) is 0.258. The molecule has 1 aliphatic heterocycles. The lowest BCUT2D eigenvalue weighted by Gasteiger charge is -2.32. The van der Waals surface area contributed by atoms with Gasteiger partial charge < -0.3 is 20.3 Å². The molecule has 0 spiro atoms. The molecule has 1 aromatic carbocycles. The van der Waals surface area contributed by atoms with Gasteiger partial charge in [0.15, 0.2) is 0 Å². The van der Waals surface area contributed by atoms with Gasteiger partial charge in [0.2, 0.25) is 5.88 Å². The summed E-state index contributed by atoms with van der Waals surface area (Å²) in [7, 11) is 1.71. The van der Waals surface area contributed by atoms with Gasteiger partial charge in [-0.2, -0.15) is 5.10 Å². The predicted octanol–water partition coefficient (Wildman–Crippen LogP) is 5.51. The van der Waals surface area contributed by atoms with Gasteiger partial charge in [0, 0.05) is 38.4 Å².